The average Bonchev–Trinajstić information content (AvgIpc) is 1.97. The van der Waals surface area contributed by atoms with Crippen molar-refractivity contribution in [3.05, 3.63) is 6.92 Å². The van der Waals surface area contributed by atoms with E-state index in [0.29, 0.717) is 0 Å². The van der Waals surface area contributed by atoms with E-state index in [4.69, 9.17) is 0 Å². The van der Waals surface area contributed by atoms with Crippen LogP contribution in [-0.2, 0) is 0 Å². The minimum atomic E-state index is 0. The zero-order valence-electron chi connectivity index (χ0n) is 8.07. The van der Waals surface area contributed by atoms with Crippen molar-refractivity contribution in [1.82, 2.24) is 6.15 Å². The van der Waals surface area contributed by atoms with Crippen LogP contribution in [0, 0.1) is 6.92 Å². The van der Waals surface area contributed by atoms with Gasteiger partial charge in [0.2, 0.25) is 0 Å². The minimum Gasteiger partial charge on any atom is -0.344 e. The number of unbranched alkanes of at least 4 members (excludes halogenated alkanes) is 7. The van der Waals surface area contributed by atoms with E-state index < -0.39 is 0 Å². The smallest absolute Gasteiger partial charge is 0.0533 e. The normalized spacial score (nSPS) is 9.27. The van der Waals surface area contributed by atoms with Crippen molar-refractivity contribution in [2.45, 2.75) is 58.3 Å². The molecule has 69 valence electrons. The summed E-state index contributed by atoms with van der Waals surface area (Å²) in [5.74, 6) is 0. The standard InChI is InChI=1S/C10H21.H3N/c1-3-5-7-9-10-8-6-4-2;/h1,3-10H2,2H3;1H3. The Labute approximate surface area is 72.2 Å². The molecule has 0 aromatic heterocycles. The molecule has 0 spiro atoms. The molecule has 1 radical (unpaired) electrons. The minimum absolute atomic E-state index is 0. The zero-order valence-corrected chi connectivity index (χ0v) is 8.07. The molecule has 11 heavy (non-hydrogen) atoms. The summed E-state index contributed by atoms with van der Waals surface area (Å²) in [5.41, 5.74) is 0. The molecule has 0 aliphatic carbocycles. The van der Waals surface area contributed by atoms with E-state index in [9.17, 15) is 0 Å². The van der Waals surface area contributed by atoms with Gasteiger partial charge in [0.25, 0.3) is 0 Å². The lowest BCUT2D eigenvalue weighted by atomic mass is 10.1. The third-order valence-corrected chi connectivity index (χ3v) is 1.85. The molecule has 0 aromatic carbocycles. The summed E-state index contributed by atoms with van der Waals surface area (Å²) >= 11 is 0. The van der Waals surface area contributed by atoms with Crippen LogP contribution < -0.4 is 6.15 Å². The Kier molecular flexibility index (Phi) is 15.5. The van der Waals surface area contributed by atoms with Crippen LogP contribution in [0.15, 0.2) is 0 Å². The summed E-state index contributed by atoms with van der Waals surface area (Å²) < 4.78 is 0. The maximum Gasteiger partial charge on any atom is -0.0533 e. The van der Waals surface area contributed by atoms with Crippen molar-refractivity contribution in [2.75, 3.05) is 0 Å². The van der Waals surface area contributed by atoms with Crippen LogP contribution in [0.3, 0.4) is 0 Å². The van der Waals surface area contributed by atoms with Crippen LogP contribution in [0.2, 0.25) is 0 Å². The lowest BCUT2D eigenvalue weighted by molar-refractivity contribution is 0.592. The molecule has 0 aliphatic heterocycles. The highest BCUT2D eigenvalue weighted by Crippen LogP contribution is 2.07. The van der Waals surface area contributed by atoms with Gasteiger partial charge in [-0.25, -0.2) is 0 Å². The molecule has 0 aliphatic rings. The molecule has 0 amide bonds. The second-order valence-corrected chi connectivity index (χ2v) is 2.97. The second kappa shape index (κ2) is 12.6. The van der Waals surface area contributed by atoms with E-state index in [0.717, 1.165) is 6.42 Å². The van der Waals surface area contributed by atoms with Gasteiger partial charge < -0.3 is 6.15 Å². The van der Waals surface area contributed by atoms with Crippen molar-refractivity contribution in [2.24, 2.45) is 0 Å². The summed E-state index contributed by atoms with van der Waals surface area (Å²) in [6.07, 6.45) is 10.9. The summed E-state index contributed by atoms with van der Waals surface area (Å²) in [4.78, 5) is 0. The van der Waals surface area contributed by atoms with Crippen LogP contribution in [0.25, 0.3) is 0 Å². The van der Waals surface area contributed by atoms with Crippen molar-refractivity contribution >= 4 is 0 Å². The Hall–Kier alpha value is -0.0400. The fraction of sp³-hybridized carbons (Fsp3) is 0.900. The van der Waals surface area contributed by atoms with Gasteiger partial charge in [-0.05, 0) is 0 Å². The van der Waals surface area contributed by atoms with Crippen molar-refractivity contribution in [3.8, 4) is 0 Å². The maximum absolute atomic E-state index is 3.82. The molecule has 0 unspecified atom stereocenters. The van der Waals surface area contributed by atoms with Crippen LogP contribution in [-0.4, -0.2) is 0 Å². The van der Waals surface area contributed by atoms with Gasteiger partial charge in [0.05, 0.1) is 0 Å². The first kappa shape index (κ1) is 13.5. The molecule has 1 nitrogen and oxygen atoms in total. The van der Waals surface area contributed by atoms with Gasteiger partial charge >= 0.3 is 0 Å². The molecule has 0 fully saturated rings. The molecule has 3 N–H and O–H groups in total. The van der Waals surface area contributed by atoms with Crippen molar-refractivity contribution in [3.63, 3.8) is 0 Å². The highest BCUT2D eigenvalue weighted by Gasteiger charge is 1.87. The summed E-state index contributed by atoms with van der Waals surface area (Å²) in [6, 6.07) is 0. The Morgan fingerprint density at radius 3 is 1.73 bits per heavy atom. The first-order valence-corrected chi connectivity index (χ1v) is 4.71. The number of hydrogen-bond donors (Lipinski definition) is 1. The third kappa shape index (κ3) is 13.0. The van der Waals surface area contributed by atoms with Gasteiger partial charge in [0.1, 0.15) is 0 Å². The summed E-state index contributed by atoms with van der Waals surface area (Å²) in [7, 11) is 0. The number of hydrogen-bond acceptors (Lipinski definition) is 1. The van der Waals surface area contributed by atoms with Crippen molar-refractivity contribution < 1.29 is 0 Å². The molecular formula is C10H24N. The quantitative estimate of drug-likeness (QED) is 0.556. The second-order valence-electron chi connectivity index (χ2n) is 2.97. The van der Waals surface area contributed by atoms with Gasteiger partial charge in [-0.3, -0.25) is 0 Å². The van der Waals surface area contributed by atoms with Gasteiger partial charge in [-0.2, -0.15) is 0 Å². The Morgan fingerprint density at radius 2 is 1.27 bits per heavy atom. The van der Waals surface area contributed by atoms with E-state index >= 15 is 0 Å². The van der Waals surface area contributed by atoms with Gasteiger partial charge in [0, 0.05) is 0 Å². The number of rotatable bonds is 7. The monoisotopic (exact) mass is 158 g/mol. The fourth-order valence-corrected chi connectivity index (χ4v) is 1.13. The predicted octanol–water partition coefficient (Wildman–Crippen LogP) is 4.12. The van der Waals surface area contributed by atoms with E-state index in [1.54, 1.807) is 0 Å². The topological polar surface area (TPSA) is 35.0 Å². The molecule has 0 aromatic rings. The molecule has 0 heterocycles. The predicted molar refractivity (Wildman–Crippen MR) is 53.0 cm³/mol. The first-order valence-electron chi connectivity index (χ1n) is 4.71. The molecule has 0 atom stereocenters. The third-order valence-electron chi connectivity index (χ3n) is 1.85. The van der Waals surface area contributed by atoms with E-state index in [2.05, 4.69) is 13.8 Å². The van der Waals surface area contributed by atoms with Gasteiger partial charge in [-0.15, -0.1) is 0 Å². The molecular weight excluding hydrogens is 134 g/mol. The Morgan fingerprint density at radius 1 is 0.818 bits per heavy atom. The Balaban J connectivity index is 0. The maximum atomic E-state index is 3.82. The van der Waals surface area contributed by atoms with Gasteiger partial charge in [-0.1, -0.05) is 65.2 Å². The highest BCUT2D eigenvalue weighted by molar-refractivity contribution is 4.45. The fourth-order valence-electron chi connectivity index (χ4n) is 1.13. The van der Waals surface area contributed by atoms with E-state index in [1.807, 2.05) is 0 Å². The van der Waals surface area contributed by atoms with E-state index in [-0.39, 0.29) is 6.15 Å². The molecule has 0 saturated carbocycles. The largest absolute Gasteiger partial charge is 0.344 e. The molecule has 0 saturated heterocycles. The zero-order chi connectivity index (χ0) is 7.66. The summed E-state index contributed by atoms with van der Waals surface area (Å²) in [6.45, 7) is 6.08. The molecule has 0 rings (SSSR count). The molecule has 0 bridgehead atoms. The summed E-state index contributed by atoms with van der Waals surface area (Å²) in [5, 5.41) is 0. The lowest BCUT2D eigenvalue weighted by Gasteiger charge is -1.97. The molecule has 1 heteroatoms. The lowest BCUT2D eigenvalue weighted by Crippen LogP contribution is -1.77. The van der Waals surface area contributed by atoms with E-state index in [1.165, 1.54) is 44.9 Å². The average molecular weight is 158 g/mol. The van der Waals surface area contributed by atoms with Crippen LogP contribution in [0.1, 0.15) is 58.3 Å². The SMILES string of the molecule is N.[CH2]CCCCCCCCC. The Bertz CT molecular complexity index is 44.8. The van der Waals surface area contributed by atoms with Crippen molar-refractivity contribution in [1.29, 1.82) is 0 Å². The van der Waals surface area contributed by atoms with Crippen LogP contribution in [0.4, 0.5) is 0 Å². The van der Waals surface area contributed by atoms with Gasteiger partial charge in [0.15, 0.2) is 0 Å². The van der Waals surface area contributed by atoms with Crippen LogP contribution in [0.5, 0.6) is 0 Å². The highest BCUT2D eigenvalue weighted by atomic mass is 14.0. The first-order chi connectivity index (χ1) is 4.91. The van der Waals surface area contributed by atoms with Crippen LogP contribution >= 0.6 is 0 Å².